The summed E-state index contributed by atoms with van der Waals surface area (Å²) in [6, 6.07) is 4.93. The van der Waals surface area contributed by atoms with Gasteiger partial charge in [0.15, 0.2) is 0 Å². The second kappa shape index (κ2) is 5.17. The topological polar surface area (TPSA) is 55.2 Å². The van der Waals surface area contributed by atoms with Crippen LogP contribution < -0.4 is 5.32 Å². The number of nitro benzene ring substituents is 1. The lowest BCUT2D eigenvalue weighted by Gasteiger charge is -2.30. The van der Waals surface area contributed by atoms with Gasteiger partial charge in [-0.3, -0.25) is 10.1 Å². The first-order valence-corrected chi connectivity index (χ1v) is 5.95. The molecule has 0 spiro atoms. The van der Waals surface area contributed by atoms with Crippen LogP contribution >= 0.6 is 0 Å². The van der Waals surface area contributed by atoms with Crippen LogP contribution in [0.15, 0.2) is 18.2 Å². The molecule has 0 atom stereocenters. The smallest absolute Gasteiger partial charge is 0.271 e. The maximum absolute atomic E-state index is 10.7. The van der Waals surface area contributed by atoms with Crippen LogP contribution in [0.5, 0.6) is 0 Å². The molecular weight excluding hydrogens is 216 g/mol. The number of hydrogen-bond acceptors (Lipinski definition) is 3. The molecule has 94 valence electrons. The van der Waals surface area contributed by atoms with Crippen molar-refractivity contribution in [3.63, 3.8) is 0 Å². The highest BCUT2D eigenvalue weighted by Gasteiger charge is 2.20. The van der Waals surface area contributed by atoms with Crippen molar-refractivity contribution in [3.8, 4) is 0 Å². The van der Waals surface area contributed by atoms with Crippen LogP contribution in [0.4, 0.5) is 11.4 Å². The van der Waals surface area contributed by atoms with Crippen molar-refractivity contribution in [3.05, 3.63) is 33.9 Å². The fourth-order valence-corrected chi connectivity index (χ4v) is 1.61. The van der Waals surface area contributed by atoms with E-state index in [1.54, 1.807) is 12.1 Å². The summed E-state index contributed by atoms with van der Waals surface area (Å²) in [5, 5.41) is 14.2. The molecule has 0 aromatic heterocycles. The third-order valence-corrected chi connectivity index (χ3v) is 3.43. The molecule has 17 heavy (non-hydrogen) atoms. The molecule has 0 fully saturated rings. The van der Waals surface area contributed by atoms with Gasteiger partial charge in [-0.25, -0.2) is 0 Å². The van der Waals surface area contributed by atoms with Crippen molar-refractivity contribution in [2.75, 3.05) is 5.32 Å². The molecule has 0 aliphatic carbocycles. The van der Waals surface area contributed by atoms with E-state index in [1.165, 1.54) is 6.07 Å². The van der Waals surface area contributed by atoms with Gasteiger partial charge in [-0.1, -0.05) is 19.9 Å². The van der Waals surface area contributed by atoms with Crippen LogP contribution in [-0.2, 0) is 0 Å². The molecule has 1 aromatic rings. The zero-order valence-electron chi connectivity index (χ0n) is 10.9. The molecule has 0 amide bonds. The Kier molecular flexibility index (Phi) is 4.10. The number of nitro groups is 1. The van der Waals surface area contributed by atoms with E-state index in [9.17, 15) is 10.1 Å². The molecule has 4 nitrogen and oxygen atoms in total. The normalized spacial score (nSPS) is 11.3. The van der Waals surface area contributed by atoms with Crippen molar-refractivity contribution in [2.45, 2.75) is 46.1 Å². The van der Waals surface area contributed by atoms with Crippen molar-refractivity contribution >= 4 is 11.4 Å². The third-order valence-electron chi connectivity index (χ3n) is 3.43. The molecular formula is C13H20N2O2. The largest absolute Gasteiger partial charge is 0.379 e. The van der Waals surface area contributed by atoms with Gasteiger partial charge in [0.2, 0.25) is 0 Å². The lowest BCUT2D eigenvalue weighted by Crippen LogP contribution is -2.33. The minimum Gasteiger partial charge on any atom is -0.379 e. The van der Waals surface area contributed by atoms with Crippen molar-refractivity contribution < 1.29 is 4.92 Å². The summed E-state index contributed by atoms with van der Waals surface area (Å²) >= 11 is 0. The Morgan fingerprint density at radius 3 is 2.41 bits per heavy atom. The number of aryl methyl sites for hydroxylation is 1. The highest BCUT2D eigenvalue weighted by Crippen LogP contribution is 2.27. The zero-order chi connectivity index (χ0) is 13.1. The van der Waals surface area contributed by atoms with E-state index in [4.69, 9.17) is 0 Å². The fourth-order valence-electron chi connectivity index (χ4n) is 1.61. The number of benzene rings is 1. The van der Waals surface area contributed by atoms with Crippen LogP contribution in [0.25, 0.3) is 0 Å². The molecule has 0 radical (unpaired) electrons. The Balaban J connectivity index is 3.05. The Morgan fingerprint density at radius 2 is 1.94 bits per heavy atom. The first-order valence-electron chi connectivity index (χ1n) is 5.95. The lowest BCUT2D eigenvalue weighted by molar-refractivity contribution is -0.384. The fraction of sp³-hybridized carbons (Fsp3) is 0.538. The monoisotopic (exact) mass is 236 g/mol. The molecule has 0 heterocycles. The van der Waals surface area contributed by atoms with Gasteiger partial charge >= 0.3 is 0 Å². The Bertz CT molecular complexity index is 412. The number of nitrogens with zero attached hydrogens (tertiary/aromatic N) is 1. The van der Waals surface area contributed by atoms with Gasteiger partial charge < -0.3 is 5.32 Å². The molecule has 4 heteroatoms. The molecule has 0 aliphatic rings. The van der Waals surface area contributed by atoms with E-state index in [0.717, 1.165) is 24.1 Å². The molecule has 0 unspecified atom stereocenters. The number of hydrogen-bond donors (Lipinski definition) is 1. The Labute approximate surface area is 102 Å². The Hall–Kier alpha value is -1.58. The molecule has 0 aliphatic heterocycles. The third kappa shape index (κ3) is 3.19. The minimum atomic E-state index is -0.361. The van der Waals surface area contributed by atoms with E-state index in [0.29, 0.717) is 0 Å². The van der Waals surface area contributed by atoms with Gasteiger partial charge in [-0.2, -0.15) is 0 Å². The maximum Gasteiger partial charge on any atom is 0.271 e. The first-order chi connectivity index (χ1) is 7.91. The van der Waals surface area contributed by atoms with Gasteiger partial charge in [0.05, 0.1) is 4.92 Å². The van der Waals surface area contributed by atoms with Gasteiger partial charge in [-0.05, 0) is 32.3 Å². The summed E-state index contributed by atoms with van der Waals surface area (Å²) in [4.78, 5) is 10.4. The van der Waals surface area contributed by atoms with Crippen molar-refractivity contribution in [1.82, 2.24) is 0 Å². The van der Waals surface area contributed by atoms with Crippen LogP contribution in [0.1, 0.15) is 39.2 Å². The highest BCUT2D eigenvalue weighted by atomic mass is 16.6. The van der Waals surface area contributed by atoms with E-state index in [2.05, 4.69) is 26.1 Å². The average molecular weight is 236 g/mol. The van der Waals surface area contributed by atoms with E-state index in [-0.39, 0.29) is 16.1 Å². The summed E-state index contributed by atoms with van der Waals surface area (Å²) < 4.78 is 0. The minimum absolute atomic E-state index is 0.0139. The molecule has 1 N–H and O–H groups in total. The van der Waals surface area contributed by atoms with E-state index >= 15 is 0 Å². The predicted molar refractivity (Wildman–Crippen MR) is 70.4 cm³/mol. The van der Waals surface area contributed by atoms with Crippen molar-refractivity contribution in [2.24, 2.45) is 0 Å². The second-order valence-corrected chi connectivity index (χ2v) is 4.65. The summed E-state index contributed by atoms with van der Waals surface area (Å²) in [6.45, 7) is 8.31. The number of anilines is 1. The second-order valence-electron chi connectivity index (χ2n) is 4.65. The molecule has 1 aromatic carbocycles. The van der Waals surface area contributed by atoms with Crippen LogP contribution in [0.3, 0.4) is 0 Å². The SMILES string of the molecule is CCC(C)(CC)Nc1cc([N+](=O)[O-])ccc1C. The standard InChI is InChI=1S/C13H20N2O2/c1-5-13(4,6-2)14-12-9-11(15(16)17)8-7-10(12)3/h7-9,14H,5-6H2,1-4H3. The van der Waals surface area contributed by atoms with Crippen LogP contribution in [-0.4, -0.2) is 10.5 Å². The molecule has 0 bridgehead atoms. The van der Waals surface area contributed by atoms with Crippen LogP contribution in [0.2, 0.25) is 0 Å². The maximum atomic E-state index is 10.7. The lowest BCUT2D eigenvalue weighted by atomic mass is 9.94. The van der Waals surface area contributed by atoms with Gasteiger partial charge in [0.1, 0.15) is 0 Å². The molecule has 1 rings (SSSR count). The first kappa shape index (κ1) is 13.5. The summed E-state index contributed by atoms with van der Waals surface area (Å²) in [5.74, 6) is 0. The van der Waals surface area contributed by atoms with Crippen LogP contribution in [0, 0.1) is 17.0 Å². The summed E-state index contributed by atoms with van der Waals surface area (Å²) in [7, 11) is 0. The number of non-ortho nitro benzene ring substituents is 1. The molecule has 0 saturated carbocycles. The predicted octanol–water partition coefficient (Wildman–Crippen LogP) is 3.89. The van der Waals surface area contributed by atoms with E-state index in [1.807, 2.05) is 6.92 Å². The van der Waals surface area contributed by atoms with Gasteiger partial charge in [0, 0.05) is 23.4 Å². The Morgan fingerprint density at radius 1 is 1.35 bits per heavy atom. The van der Waals surface area contributed by atoms with Gasteiger partial charge in [-0.15, -0.1) is 0 Å². The average Bonchev–Trinajstić information content (AvgIpc) is 2.31. The summed E-state index contributed by atoms with van der Waals surface area (Å²) in [5.41, 5.74) is 2.00. The van der Waals surface area contributed by atoms with E-state index < -0.39 is 0 Å². The zero-order valence-corrected chi connectivity index (χ0v) is 10.9. The van der Waals surface area contributed by atoms with Crippen molar-refractivity contribution in [1.29, 1.82) is 0 Å². The number of rotatable bonds is 5. The highest BCUT2D eigenvalue weighted by molar-refractivity contribution is 5.58. The number of nitrogens with one attached hydrogen (secondary N) is 1. The summed E-state index contributed by atoms with van der Waals surface area (Å²) in [6.07, 6.45) is 1.96. The molecule has 0 saturated heterocycles. The van der Waals surface area contributed by atoms with Gasteiger partial charge in [0.25, 0.3) is 5.69 Å². The quantitative estimate of drug-likeness (QED) is 0.623.